The van der Waals surface area contributed by atoms with E-state index in [1.807, 2.05) is 0 Å². The van der Waals surface area contributed by atoms with E-state index in [1.54, 1.807) is 0 Å². The van der Waals surface area contributed by atoms with Gasteiger partial charge in [-0.25, -0.2) is 14.4 Å². The first-order valence-corrected chi connectivity index (χ1v) is 32.7. The van der Waals surface area contributed by atoms with Crippen LogP contribution in [0.1, 0.15) is 311 Å². The minimum absolute atomic E-state index is 0.0683. The van der Waals surface area contributed by atoms with Gasteiger partial charge in [0.2, 0.25) is 0 Å². The van der Waals surface area contributed by atoms with Crippen molar-refractivity contribution in [2.45, 2.75) is 303 Å². The van der Waals surface area contributed by atoms with Crippen LogP contribution in [-0.2, 0) is 42.9 Å². The zero-order valence-electron chi connectivity index (χ0n) is 52.1. The summed E-state index contributed by atoms with van der Waals surface area (Å²) >= 11 is 0. The SMILES string of the molecule is CCCCCCCC/C=C/CCCCCCCC(=O)OCC(COC(=O)CCCCCCC/C=C/CCCCCCCC)OC(=O)CCCCCCC/C=C/CCCCCCCC.COC(=O)c1ccccc1C(=O)OC(=O)C(O)CO. The van der Waals surface area contributed by atoms with Crippen LogP contribution in [0.15, 0.2) is 60.7 Å². The van der Waals surface area contributed by atoms with E-state index in [-0.39, 0.29) is 42.2 Å². The fourth-order valence-corrected chi connectivity index (χ4v) is 9.14. The van der Waals surface area contributed by atoms with E-state index in [1.165, 1.54) is 198 Å². The van der Waals surface area contributed by atoms with Crippen LogP contribution in [0, 0.1) is 0 Å². The first-order chi connectivity index (χ1) is 40.0. The van der Waals surface area contributed by atoms with Crippen molar-refractivity contribution in [2.24, 2.45) is 0 Å². The van der Waals surface area contributed by atoms with Gasteiger partial charge in [0.05, 0.1) is 24.8 Å². The van der Waals surface area contributed by atoms with Crippen LogP contribution in [0.4, 0.5) is 0 Å². The van der Waals surface area contributed by atoms with E-state index in [9.17, 15) is 28.8 Å². The minimum Gasteiger partial charge on any atom is -0.465 e. The van der Waals surface area contributed by atoms with Gasteiger partial charge in [-0.3, -0.25) is 14.4 Å². The van der Waals surface area contributed by atoms with Crippen LogP contribution < -0.4 is 0 Å². The summed E-state index contributed by atoms with van der Waals surface area (Å²) in [6.07, 6.45) is 59.4. The van der Waals surface area contributed by atoms with Gasteiger partial charge in [-0.2, -0.15) is 0 Å². The molecule has 13 nitrogen and oxygen atoms in total. The quantitative estimate of drug-likeness (QED) is 0.0206. The van der Waals surface area contributed by atoms with Crippen molar-refractivity contribution in [1.82, 2.24) is 0 Å². The number of unbranched alkanes of at least 4 members (excludes halogenated alkanes) is 33. The number of rotatable bonds is 54. The first-order valence-electron chi connectivity index (χ1n) is 32.7. The molecule has 0 aromatic heterocycles. The molecule has 82 heavy (non-hydrogen) atoms. The van der Waals surface area contributed by atoms with Crippen molar-refractivity contribution in [3.63, 3.8) is 0 Å². The van der Waals surface area contributed by atoms with Crippen LogP contribution in [0.2, 0.25) is 0 Å². The Labute approximate surface area is 497 Å². The Kier molecular flexibility index (Phi) is 56.2. The summed E-state index contributed by atoms with van der Waals surface area (Å²) in [5, 5.41) is 17.5. The second-order valence-electron chi connectivity index (χ2n) is 21.9. The molecular formula is C69H116O13. The van der Waals surface area contributed by atoms with Gasteiger partial charge in [0.15, 0.2) is 12.2 Å². The highest BCUT2D eigenvalue weighted by atomic mass is 16.6. The van der Waals surface area contributed by atoms with Gasteiger partial charge >= 0.3 is 35.8 Å². The Hall–Kier alpha value is -4.62. The Morgan fingerprint density at radius 2 is 0.707 bits per heavy atom. The van der Waals surface area contributed by atoms with Gasteiger partial charge in [-0.15, -0.1) is 0 Å². The Bertz CT molecular complexity index is 1750. The molecule has 1 aromatic rings. The van der Waals surface area contributed by atoms with Crippen molar-refractivity contribution in [2.75, 3.05) is 26.9 Å². The highest BCUT2D eigenvalue weighted by Gasteiger charge is 2.24. The van der Waals surface area contributed by atoms with E-state index in [0.717, 1.165) is 84.2 Å². The second-order valence-corrected chi connectivity index (χ2v) is 21.9. The Morgan fingerprint density at radius 1 is 0.415 bits per heavy atom. The number of aliphatic hydroxyl groups excluding tert-OH is 2. The smallest absolute Gasteiger partial charge is 0.346 e. The molecule has 0 radical (unpaired) electrons. The maximum absolute atomic E-state index is 12.8. The summed E-state index contributed by atoms with van der Waals surface area (Å²) in [5.41, 5.74) is -0.242. The summed E-state index contributed by atoms with van der Waals surface area (Å²) < 4.78 is 25.6. The van der Waals surface area contributed by atoms with Gasteiger partial charge in [-0.1, -0.05) is 223 Å². The van der Waals surface area contributed by atoms with Gasteiger partial charge in [-0.05, 0) is 108 Å². The lowest BCUT2D eigenvalue weighted by molar-refractivity contribution is -0.167. The molecule has 0 bridgehead atoms. The van der Waals surface area contributed by atoms with E-state index in [4.69, 9.17) is 24.4 Å². The molecule has 0 saturated heterocycles. The fourth-order valence-electron chi connectivity index (χ4n) is 9.14. The number of aliphatic hydroxyl groups is 2. The van der Waals surface area contributed by atoms with Crippen molar-refractivity contribution in [3.8, 4) is 0 Å². The fraction of sp³-hybridized carbons (Fsp3) is 0.739. The summed E-state index contributed by atoms with van der Waals surface area (Å²) in [6.45, 7) is 5.76. The number of methoxy groups -OCH3 is 1. The lowest BCUT2D eigenvalue weighted by Crippen LogP contribution is -2.30. The number of hydrogen-bond acceptors (Lipinski definition) is 13. The number of carbonyl (C=O) groups excluding carboxylic acids is 6. The first kappa shape index (κ1) is 77.4. The predicted octanol–water partition coefficient (Wildman–Crippen LogP) is 17.6. The standard InChI is InChI=1S/C57H104O6.C12H12O7/c1-4-7-10-13-16-19-22-25-28-31-34-37-40-43-46-49-55(58)61-52-54(63-57(60)51-48-45-42-39-36-33-30-27-24-21-18-15-12-9-6-3)53-62-56(59)50-47-44-41-38-35-32-29-26-23-20-17-14-11-8-5-2;1-18-10(15)7-4-2-3-5-8(7)11(16)19-12(17)9(14)6-13/h25-30,54H,4-24,31-53H2,1-3H3;2-5,9,13-14H,6H2,1H3/b28-25+,29-26+,30-27+;. The molecule has 1 atom stereocenters. The molecule has 0 aliphatic carbocycles. The van der Waals surface area contributed by atoms with Crippen LogP contribution in [0.25, 0.3) is 0 Å². The van der Waals surface area contributed by atoms with E-state index in [0.29, 0.717) is 19.3 Å². The third kappa shape index (κ3) is 49.9. The third-order valence-corrected chi connectivity index (χ3v) is 14.3. The topological polar surface area (TPSA) is 189 Å². The Morgan fingerprint density at radius 3 is 1.02 bits per heavy atom. The lowest BCUT2D eigenvalue weighted by atomic mass is 10.1. The van der Waals surface area contributed by atoms with Gasteiger partial charge in [0.1, 0.15) is 13.2 Å². The highest BCUT2D eigenvalue weighted by molar-refractivity contribution is 6.06. The monoisotopic (exact) mass is 1150 g/mol. The molecule has 0 heterocycles. The molecule has 0 amide bonds. The molecule has 0 fully saturated rings. The van der Waals surface area contributed by atoms with Crippen molar-refractivity contribution in [1.29, 1.82) is 0 Å². The predicted molar refractivity (Wildman–Crippen MR) is 331 cm³/mol. The molecule has 2 N–H and O–H groups in total. The number of esters is 6. The van der Waals surface area contributed by atoms with Crippen molar-refractivity contribution in [3.05, 3.63) is 71.8 Å². The maximum atomic E-state index is 12.8. The molecule has 1 unspecified atom stereocenters. The Balaban J connectivity index is 0.00000289. The molecule has 0 aliphatic heterocycles. The zero-order chi connectivity index (χ0) is 60.2. The van der Waals surface area contributed by atoms with Gasteiger partial charge in [0, 0.05) is 19.3 Å². The van der Waals surface area contributed by atoms with Crippen LogP contribution >= 0.6 is 0 Å². The minimum atomic E-state index is -1.81. The molecule has 1 rings (SSSR count). The van der Waals surface area contributed by atoms with Crippen LogP contribution in [-0.4, -0.2) is 85.2 Å². The van der Waals surface area contributed by atoms with Crippen LogP contribution in [0.5, 0.6) is 0 Å². The molecule has 1 aromatic carbocycles. The molecule has 0 saturated carbocycles. The van der Waals surface area contributed by atoms with Crippen molar-refractivity contribution < 1.29 is 62.7 Å². The average molecular weight is 1150 g/mol. The number of hydrogen-bond donors (Lipinski definition) is 2. The molecular weight excluding hydrogens is 1040 g/mol. The summed E-state index contributed by atoms with van der Waals surface area (Å²) in [6, 6.07) is 5.58. The number of benzene rings is 1. The largest absolute Gasteiger partial charge is 0.465 e. The van der Waals surface area contributed by atoms with Gasteiger partial charge < -0.3 is 33.9 Å². The average Bonchev–Trinajstić information content (AvgIpc) is 3.50. The maximum Gasteiger partial charge on any atom is 0.346 e. The number of ether oxygens (including phenoxy) is 5. The molecule has 0 spiro atoms. The highest BCUT2D eigenvalue weighted by Crippen LogP contribution is 2.16. The molecule has 470 valence electrons. The summed E-state index contributed by atoms with van der Waals surface area (Å²) in [5.74, 6) is -4.07. The summed E-state index contributed by atoms with van der Waals surface area (Å²) in [7, 11) is 1.14. The molecule has 0 aliphatic rings. The number of allylic oxidation sites excluding steroid dienone is 6. The van der Waals surface area contributed by atoms with E-state index < -0.39 is 36.7 Å². The van der Waals surface area contributed by atoms with Crippen LogP contribution in [0.3, 0.4) is 0 Å². The third-order valence-electron chi connectivity index (χ3n) is 14.3. The number of carbonyl (C=O) groups is 6. The summed E-state index contributed by atoms with van der Waals surface area (Å²) in [4.78, 5) is 72.3. The normalized spacial score (nSPS) is 11.7. The second kappa shape index (κ2) is 59.5. The van der Waals surface area contributed by atoms with E-state index in [2.05, 4.69) is 66.7 Å². The zero-order valence-corrected chi connectivity index (χ0v) is 52.1. The lowest BCUT2D eigenvalue weighted by Gasteiger charge is -2.18. The van der Waals surface area contributed by atoms with Gasteiger partial charge in [0.25, 0.3) is 0 Å². The van der Waals surface area contributed by atoms with E-state index >= 15 is 0 Å². The van der Waals surface area contributed by atoms with Crippen molar-refractivity contribution >= 4 is 35.8 Å². The molecule has 13 heteroatoms.